The third kappa shape index (κ3) is 4.05. The van der Waals surface area contributed by atoms with E-state index < -0.39 is 9.84 Å². The average molecular weight is 458 g/mol. The molecule has 0 bridgehead atoms. The SMILES string of the molecule is COc1cc([C@@H]2CC(=O)Nc3c(S(=O)(=O)c4ccccc4)csc32)ccc1OC(C)C. The second-order valence-corrected chi connectivity index (χ2v) is 10.4. The molecule has 1 N–H and O–H groups in total. The van der Waals surface area contributed by atoms with E-state index in [0.717, 1.165) is 10.4 Å². The van der Waals surface area contributed by atoms with E-state index in [9.17, 15) is 13.2 Å². The van der Waals surface area contributed by atoms with E-state index >= 15 is 0 Å². The molecule has 0 saturated heterocycles. The molecule has 4 rings (SSSR count). The van der Waals surface area contributed by atoms with Crippen LogP contribution in [-0.4, -0.2) is 27.5 Å². The van der Waals surface area contributed by atoms with Crippen molar-refractivity contribution in [1.82, 2.24) is 0 Å². The van der Waals surface area contributed by atoms with E-state index in [-0.39, 0.29) is 34.1 Å². The van der Waals surface area contributed by atoms with Gasteiger partial charge in [-0.1, -0.05) is 24.3 Å². The summed E-state index contributed by atoms with van der Waals surface area (Å²) in [6.45, 7) is 3.87. The maximum absolute atomic E-state index is 13.2. The van der Waals surface area contributed by atoms with Crippen LogP contribution in [0.2, 0.25) is 0 Å². The Morgan fingerprint density at radius 3 is 2.52 bits per heavy atom. The van der Waals surface area contributed by atoms with Gasteiger partial charge in [-0.3, -0.25) is 4.79 Å². The minimum absolute atomic E-state index is 0.00476. The molecule has 0 saturated carbocycles. The van der Waals surface area contributed by atoms with Crippen LogP contribution >= 0.6 is 11.3 Å². The molecule has 0 unspecified atom stereocenters. The van der Waals surface area contributed by atoms with Gasteiger partial charge in [-0.2, -0.15) is 0 Å². The fourth-order valence-corrected chi connectivity index (χ4v) is 6.58. The highest BCUT2D eigenvalue weighted by Gasteiger charge is 2.34. The molecule has 162 valence electrons. The average Bonchev–Trinajstić information content (AvgIpc) is 3.18. The number of sulfone groups is 1. The van der Waals surface area contributed by atoms with E-state index in [4.69, 9.17) is 9.47 Å². The van der Waals surface area contributed by atoms with Crippen LogP contribution in [0.5, 0.6) is 11.5 Å². The van der Waals surface area contributed by atoms with Crippen LogP contribution in [0.4, 0.5) is 5.69 Å². The summed E-state index contributed by atoms with van der Waals surface area (Å²) in [6, 6.07) is 13.8. The van der Waals surface area contributed by atoms with Crippen molar-refractivity contribution in [2.45, 2.75) is 42.1 Å². The number of hydrogen-bond acceptors (Lipinski definition) is 6. The molecule has 8 heteroatoms. The lowest BCUT2D eigenvalue weighted by molar-refractivity contribution is -0.116. The van der Waals surface area contributed by atoms with E-state index in [2.05, 4.69) is 5.32 Å². The quantitative estimate of drug-likeness (QED) is 0.572. The van der Waals surface area contributed by atoms with Crippen molar-refractivity contribution in [2.75, 3.05) is 12.4 Å². The van der Waals surface area contributed by atoms with Gasteiger partial charge in [0.2, 0.25) is 15.7 Å². The molecule has 6 nitrogen and oxygen atoms in total. The first kappa shape index (κ1) is 21.4. The van der Waals surface area contributed by atoms with E-state index in [1.807, 2.05) is 32.0 Å². The number of anilines is 1. The van der Waals surface area contributed by atoms with E-state index in [1.165, 1.54) is 11.3 Å². The highest BCUT2D eigenvalue weighted by molar-refractivity contribution is 7.91. The van der Waals surface area contributed by atoms with Crippen molar-refractivity contribution in [1.29, 1.82) is 0 Å². The number of methoxy groups -OCH3 is 1. The maximum atomic E-state index is 13.2. The van der Waals surface area contributed by atoms with Crippen molar-refractivity contribution in [2.24, 2.45) is 0 Å². The molecule has 1 aliphatic rings. The number of thiophene rings is 1. The van der Waals surface area contributed by atoms with Crippen LogP contribution in [0.25, 0.3) is 0 Å². The van der Waals surface area contributed by atoms with Crippen LogP contribution in [0.15, 0.2) is 63.7 Å². The Balaban J connectivity index is 1.77. The van der Waals surface area contributed by atoms with E-state index in [1.54, 1.807) is 42.8 Å². The molecule has 1 atom stereocenters. The van der Waals surface area contributed by atoms with Gasteiger partial charge in [-0.15, -0.1) is 11.3 Å². The smallest absolute Gasteiger partial charge is 0.225 e. The first-order valence-electron chi connectivity index (χ1n) is 9.87. The number of hydrogen-bond donors (Lipinski definition) is 1. The number of fused-ring (bicyclic) bond motifs is 1. The van der Waals surface area contributed by atoms with Gasteiger partial charge in [0.1, 0.15) is 4.90 Å². The third-order valence-electron chi connectivity index (χ3n) is 5.05. The van der Waals surface area contributed by atoms with Crippen LogP contribution < -0.4 is 14.8 Å². The molecule has 3 aromatic rings. The largest absolute Gasteiger partial charge is 0.493 e. The summed E-state index contributed by atoms with van der Waals surface area (Å²) in [4.78, 5) is 13.7. The number of nitrogens with one attached hydrogen (secondary N) is 1. The molecule has 0 radical (unpaired) electrons. The lowest BCUT2D eigenvalue weighted by Crippen LogP contribution is -2.23. The molecule has 1 aromatic heterocycles. The molecular weight excluding hydrogens is 434 g/mol. The second kappa shape index (κ2) is 8.36. The van der Waals surface area contributed by atoms with Crippen molar-refractivity contribution < 1.29 is 22.7 Å². The normalized spacial score (nSPS) is 16.0. The summed E-state index contributed by atoms with van der Waals surface area (Å²) in [5.41, 5.74) is 1.24. The van der Waals surface area contributed by atoms with Gasteiger partial charge in [0.05, 0.1) is 23.8 Å². The molecule has 1 amide bonds. The monoisotopic (exact) mass is 457 g/mol. The Bertz CT molecular complexity index is 1220. The van der Waals surface area contributed by atoms with Crippen LogP contribution in [-0.2, 0) is 14.6 Å². The van der Waals surface area contributed by atoms with Crippen LogP contribution in [0.1, 0.15) is 36.6 Å². The van der Waals surface area contributed by atoms with Crippen molar-refractivity contribution >= 4 is 32.8 Å². The summed E-state index contributed by atoms with van der Waals surface area (Å²) >= 11 is 1.34. The van der Waals surface area contributed by atoms with Crippen LogP contribution in [0, 0.1) is 0 Å². The number of ether oxygens (including phenoxy) is 2. The number of rotatable bonds is 6. The van der Waals surface area contributed by atoms with Crippen LogP contribution in [0.3, 0.4) is 0 Å². The fourth-order valence-electron chi connectivity index (χ4n) is 3.65. The lowest BCUT2D eigenvalue weighted by Gasteiger charge is -2.24. The zero-order chi connectivity index (χ0) is 22.2. The van der Waals surface area contributed by atoms with E-state index in [0.29, 0.717) is 17.2 Å². The Kier molecular flexibility index (Phi) is 5.77. The van der Waals surface area contributed by atoms with Gasteiger partial charge < -0.3 is 14.8 Å². The van der Waals surface area contributed by atoms with Crippen molar-refractivity contribution in [3.8, 4) is 11.5 Å². The topological polar surface area (TPSA) is 81.7 Å². The molecule has 0 fully saturated rings. The number of amides is 1. The minimum Gasteiger partial charge on any atom is -0.493 e. The van der Waals surface area contributed by atoms with Gasteiger partial charge in [-0.05, 0) is 43.7 Å². The molecule has 0 aliphatic carbocycles. The van der Waals surface area contributed by atoms with Gasteiger partial charge in [0.15, 0.2) is 11.5 Å². The Morgan fingerprint density at radius 2 is 1.84 bits per heavy atom. The zero-order valence-electron chi connectivity index (χ0n) is 17.4. The fraction of sp³-hybridized carbons (Fsp3) is 0.261. The summed E-state index contributed by atoms with van der Waals surface area (Å²) in [5, 5.41) is 4.40. The highest BCUT2D eigenvalue weighted by Crippen LogP contribution is 2.47. The van der Waals surface area contributed by atoms with Crippen molar-refractivity contribution in [3.05, 3.63) is 64.4 Å². The Labute approximate surface area is 185 Å². The minimum atomic E-state index is -3.75. The van der Waals surface area contributed by atoms with Gasteiger partial charge in [-0.25, -0.2) is 8.42 Å². The summed E-state index contributed by atoms with van der Waals surface area (Å²) in [6.07, 6.45) is 0.223. The predicted molar refractivity (Wildman–Crippen MR) is 120 cm³/mol. The standard InChI is InChI=1S/C23H23NO5S2/c1-14(2)29-18-10-9-15(11-19(18)28-3)17-12-21(25)24-22-20(13-30-23(17)22)31(26,27)16-7-5-4-6-8-16/h4-11,13-14,17H,12H2,1-3H3,(H,24,25)/t17-/m0/s1. The van der Waals surface area contributed by atoms with Crippen molar-refractivity contribution in [3.63, 3.8) is 0 Å². The molecular formula is C23H23NO5S2. The number of carbonyl (C=O) groups excluding carboxylic acids is 1. The third-order valence-corrected chi connectivity index (χ3v) is 8.09. The molecule has 2 aromatic carbocycles. The maximum Gasteiger partial charge on any atom is 0.225 e. The number of benzene rings is 2. The molecule has 1 aliphatic heterocycles. The molecule has 0 spiro atoms. The second-order valence-electron chi connectivity index (χ2n) is 7.54. The number of carbonyl (C=O) groups is 1. The first-order chi connectivity index (χ1) is 14.8. The van der Waals surface area contributed by atoms with Gasteiger partial charge in [0.25, 0.3) is 0 Å². The zero-order valence-corrected chi connectivity index (χ0v) is 19.0. The highest BCUT2D eigenvalue weighted by atomic mass is 32.2. The Hall–Kier alpha value is -2.84. The molecule has 2 heterocycles. The van der Waals surface area contributed by atoms with Gasteiger partial charge >= 0.3 is 0 Å². The summed E-state index contributed by atoms with van der Waals surface area (Å²) in [7, 11) is -2.18. The lowest BCUT2D eigenvalue weighted by atomic mass is 9.90. The summed E-state index contributed by atoms with van der Waals surface area (Å²) in [5.74, 6) is 0.713. The molecule has 31 heavy (non-hydrogen) atoms. The Morgan fingerprint density at radius 1 is 1.10 bits per heavy atom. The predicted octanol–water partition coefficient (Wildman–Crippen LogP) is 4.85. The van der Waals surface area contributed by atoms with Gasteiger partial charge in [0, 0.05) is 22.6 Å². The summed E-state index contributed by atoms with van der Waals surface area (Å²) < 4.78 is 37.6. The first-order valence-corrected chi connectivity index (χ1v) is 12.2.